The number of methoxy groups -OCH3 is 1. The summed E-state index contributed by atoms with van der Waals surface area (Å²) in [5.41, 5.74) is 1.72. The summed E-state index contributed by atoms with van der Waals surface area (Å²) < 4.78 is 9.99. The van der Waals surface area contributed by atoms with E-state index in [1.54, 1.807) is 13.2 Å². The van der Waals surface area contributed by atoms with Gasteiger partial charge in [-0.2, -0.15) is 0 Å². The van der Waals surface area contributed by atoms with E-state index in [-0.39, 0.29) is 5.89 Å². The average Bonchev–Trinajstić information content (AvgIpc) is 2.66. The van der Waals surface area contributed by atoms with E-state index in [1.807, 2.05) is 19.1 Å². The molecule has 78 valence electrons. The first-order chi connectivity index (χ1) is 7.20. The number of nitrogens with one attached hydrogen (secondary N) is 1. The molecule has 0 saturated carbocycles. The van der Waals surface area contributed by atoms with Gasteiger partial charge in [-0.15, -0.1) is 5.10 Å². The van der Waals surface area contributed by atoms with Crippen LogP contribution in [0.1, 0.15) is 5.56 Å². The second-order valence-electron chi connectivity index (χ2n) is 3.10. The molecule has 0 aliphatic carbocycles. The molecule has 2 rings (SSSR count). The molecule has 1 aromatic carbocycles. The number of aromatic nitrogens is 2. The molecule has 0 aliphatic heterocycles. The Hall–Kier alpha value is -2.04. The average molecular weight is 206 g/mol. The molecule has 0 fully saturated rings. The van der Waals surface area contributed by atoms with Gasteiger partial charge in [-0.1, -0.05) is 6.07 Å². The first-order valence-electron chi connectivity index (χ1n) is 4.41. The molecule has 0 atom stereocenters. The number of ether oxygens (including phenoxy) is 1. The lowest BCUT2D eigenvalue weighted by Gasteiger charge is -2.04. The number of hydrogen-bond acceptors (Lipinski definition) is 4. The first-order valence-corrected chi connectivity index (χ1v) is 4.41. The highest BCUT2D eigenvalue weighted by Crippen LogP contribution is 2.24. The Kier molecular flexibility index (Phi) is 2.29. The lowest BCUT2D eigenvalue weighted by Crippen LogP contribution is -1.93. The van der Waals surface area contributed by atoms with Crippen molar-refractivity contribution in [3.05, 3.63) is 34.3 Å². The quantitative estimate of drug-likeness (QED) is 0.805. The molecule has 2 aromatic rings. The van der Waals surface area contributed by atoms with E-state index in [1.165, 1.54) is 0 Å². The van der Waals surface area contributed by atoms with Gasteiger partial charge in [0.05, 0.1) is 7.11 Å². The molecule has 0 aliphatic rings. The van der Waals surface area contributed by atoms with Gasteiger partial charge < -0.3 is 9.15 Å². The van der Waals surface area contributed by atoms with Gasteiger partial charge in [-0.05, 0) is 24.6 Å². The van der Waals surface area contributed by atoms with E-state index >= 15 is 0 Å². The highest BCUT2D eigenvalue weighted by atomic mass is 16.5. The standard InChI is InChI=1S/C10H10N2O3/c1-6-3-4-7(5-8(6)14-2)9-11-12-10(13)15-9/h3-5H,1-2H3,(H,12,13). The number of benzene rings is 1. The molecule has 1 N–H and O–H groups in total. The Morgan fingerprint density at radius 2 is 2.27 bits per heavy atom. The van der Waals surface area contributed by atoms with Crippen molar-refractivity contribution in [2.45, 2.75) is 6.92 Å². The van der Waals surface area contributed by atoms with E-state index in [9.17, 15) is 4.79 Å². The molecule has 15 heavy (non-hydrogen) atoms. The molecule has 5 nitrogen and oxygen atoms in total. The van der Waals surface area contributed by atoms with Gasteiger partial charge in [0.25, 0.3) is 0 Å². The third kappa shape index (κ3) is 1.76. The lowest BCUT2D eigenvalue weighted by molar-refractivity contribution is 0.411. The van der Waals surface area contributed by atoms with E-state index in [4.69, 9.17) is 9.15 Å². The number of nitrogens with zero attached hydrogens (tertiary/aromatic N) is 1. The van der Waals surface area contributed by atoms with Crippen molar-refractivity contribution < 1.29 is 9.15 Å². The molecule has 0 saturated heterocycles. The molecule has 5 heteroatoms. The Morgan fingerprint density at radius 3 is 2.87 bits per heavy atom. The maximum atomic E-state index is 10.8. The molecule has 1 heterocycles. The van der Waals surface area contributed by atoms with Crippen LogP contribution in [0.3, 0.4) is 0 Å². The van der Waals surface area contributed by atoms with Gasteiger partial charge >= 0.3 is 5.76 Å². The Balaban J connectivity index is 2.50. The van der Waals surface area contributed by atoms with Crippen LogP contribution >= 0.6 is 0 Å². The topological polar surface area (TPSA) is 68.1 Å². The minimum atomic E-state index is -0.565. The van der Waals surface area contributed by atoms with Crippen molar-refractivity contribution in [2.24, 2.45) is 0 Å². The summed E-state index contributed by atoms with van der Waals surface area (Å²) >= 11 is 0. The van der Waals surface area contributed by atoms with Crippen molar-refractivity contribution in [2.75, 3.05) is 7.11 Å². The van der Waals surface area contributed by atoms with Crippen LogP contribution in [0.25, 0.3) is 11.5 Å². The fourth-order valence-electron chi connectivity index (χ4n) is 1.31. The number of hydrogen-bond donors (Lipinski definition) is 1. The minimum Gasteiger partial charge on any atom is -0.496 e. The predicted octanol–water partition coefficient (Wildman–Crippen LogP) is 1.35. The van der Waals surface area contributed by atoms with Crippen LogP contribution in [0.4, 0.5) is 0 Å². The molecule has 0 unspecified atom stereocenters. The Bertz CT molecular complexity index is 527. The summed E-state index contributed by atoms with van der Waals surface area (Å²) in [6.45, 7) is 1.93. The van der Waals surface area contributed by atoms with Crippen LogP contribution in [-0.4, -0.2) is 17.3 Å². The van der Waals surface area contributed by atoms with Crippen LogP contribution in [0.15, 0.2) is 27.4 Å². The van der Waals surface area contributed by atoms with Crippen LogP contribution in [0, 0.1) is 6.92 Å². The highest BCUT2D eigenvalue weighted by molar-refractivity contribution is 5.57. The van der Waals surface area contributed by atoms with Crippen LogP contribution in [-0.2, 0) is 0 Å². The zero-order valence-corrected chi connectivity index (χ0v) is 8.40. The lowest BCUT2D eigenvalue weighted by atomic mass is 10.1. The van der Waals surface area contributed by atoms with Crippen molar-refractivity contribution in [1.29, 1.82) is 0 Å². The fourth-order valence-corrected chi connectivity index (χ4v) is 1.31. The first kappa shape index (κ1) is 9.51. The van der Waals surface area contributed by atoms with Crippen molar-refractivity contribution in [1.82, 2.24) is 10.2 Å². The summed E-state index contributed by atoms with van der Waals surface area (Å²) in [5.74, 6) is 0.431. The summed E-state index contributed by atoms with van der Waals surface area (Å²) in [6, 6.07) is 5.47. The van der Waals surface area contributed by atoms with E-state index in [0.29, 0.717) is 5.56 Å². The summed E-state index contributed by atoms with van der Waals surface area (Å²) in [5, 5.41) is 5.94. The molecular weight excluding hydrogens is 196 g/mol. The second kappa shape index (κ2) is 3.61. The highest BCUT2D eigenvalue weighted by Gasteiger charge is 2.07. The van der Waals surface area contributed by atoms with Crippen LogP contribution in [0.5, 0.6) is 5.75 Å². The largest absolute Gasteiger partial charge is 0.496 e. The smallest absolute Gasteiger partial charge is 0.434 e. The molecule has 1 aromatic heterocycles. The second-order valence-corrected chi connectivity index (χ2v) is 3.10. The number of rotatable bonds is 2. The Labute approximate surface area is 85.7 Å². The summed E-state index contributed by atoms with van der Waals surface area (Å²) in [7, 11) is 1.59. The third-order valence-electron chi connectivity index (χ3n) is 2.09. The maximum absolute atomic E-state index is 10.8. The zero-order valence-electron chi connectivity index (χ0n) is 8.40. The van der Waals surface area contributed by atoms with Gasteiger partial charge in [0.1, 0.15) is 5.75 Å². The summed E-state index contributed by atoms with van der Waals surface area (Å²) in [4.78, 5) is 10.8. The third-order valence-corrected chi connectivity index (χ3v) is 2.09. The van der Waals surface area contributed by atoms with Gasteiger partial charge in [-0.25, -0.2) is 9.89 Å². The van der Waals surface area contributed by atoms with Crippen LogP contribution in [0.2, 0.25) is 0 Å². The summed E-state index contributed by atoms with van der Waals surface area (Å²) in [6.07, 6.45) is 0. The van der Waals surface area contributed by atoms with Gasteiger partial charge in [0, 0.05) is 5.56 Å². The number of H-pyrrole nitrogens is 1. The molecule has 0 bridgehead atoms. The van der Waals surface area contributed by atoms with E-state index in [0.717, 1.165) is 11.3 Å². The van der Waals surface area contributed by atoms with Crippen LogP contribution < -0.4 is 10.5 Å². The maximum Gasteiger partial charge on any atom is 0.434 e. The van der Waals surface area contributed by atoms with Crippen molar-refractivity contribution in [3.8, 4) is 17.2 Å². The molecular formula is C10H10N2O3. The predicted molar refractivity (Wildman–Crippen MR) is 53.8 cm³/mol. The molecule has 0 spiro atoms. The van der Waals surface area contributed by atoms with E-state index < -0.39 is 5.76 Å². The normalized spacial score (nSPS) is 10.3. The number of aryl methyl sites for hydroxylation is 1. The molecule has 0 radical (unpaired) electrons. The fraction of sp³-hybridized carbons (Fsp3) is 0.200. The monoisotopic (exact) mass is 206 g/mol. The van der Waals surface area contributed by atoms with Crippen molar-refractivity contribution >= 4 is 0 Å². The Morgan fingerprint density at radius 1 is 1.47 bits per heavy atom. The van der Waals surface area contributed by atoms with Gasteiger partial charge in [0.2, 0.25) is 5.89 Å². The SMILES string of the molecule is COc1cc(-c2n[nH]c(=O)o2)ccc1C. The molecule has 0 amide bonds. The van der Waals surface area contributed by atoms with Gasteiger partial charge in [0.15, 0.2) is 0 Å². The van der Waals surface area contributed by atoms with Gasteiger partial charge in [-0.3, -0.25) is 0 Å². The van der Waals surface area contributed by atoms with E-state index in [2.05, 4.69) is 10.2 Å². The zero-order chi connectivity index (χ0) is 10.8. The minimum absolute atomic E-state index is 0.262. The van der Waals surface area contributed by atoms with Crippen molar-refractivity contribution in [3.63, 3.8) is 0 Å². The number of aromatic amines is 1.